The molecule has 1 amide bonds. The minimum atomic E-state index is -1.12. The molecule has 1 heterocycles. The van der Waals surface area contributed by atoms with Gasteiger partial charge in [-0.15, -0.1) is 12.4 Å². The third-order valence-electron chi connectivity index (χ3n) is 2.95. The quantitative estimate of drug-likeness (QED) is 0.486. The van der Waals surface area contributed by atoms with E-state index in [0.29, 0.717) is 15.9 Å². The number of guanidine groups is 1. The first-order valence-electron chi connectivity index (χ1n) is 6.09. The molecule has 1 aromatic heterocycles. The van der Waals surface area contributed by atoms with Gasteiger partial charge in [-0.1, -0.05) is 11.6 Å². The van der Waals surface area contributed by atoms with Gasteiger partial charge in [0.05, 0.1) is 10.5 Å². The number of ether oxygens (including phenoxy) is 1. The van der Waals surface area contributed by atoms with Crippen LogP contribution in [0.4, 0.5) is 0 Å². The van der Waals surface area contributed by atoms with Crippen molar-refractivity contribution < 1.29 is 19.4 Å². The van der Waals surface area contributed by atoms with E-state index in [1.165, 1.54) is 25.2 Å². The third kappa shape index (κ3) is 3.85. The third-order valence-corrected chi connectivity index (χ3v) is 3.28. The Bertz CT molecular complexity index is 775. The summed E-state index contributed by atoms with van der Waals surface area (Å²) in [6.45, 7) is -0.521. The zero-order chi connectivity index (χ0) is 16.4. The fourth-order valence-electron chi connectivity index (χ4n) is 1.82. The number of aliphatic carboxylic acids is 1. The Morgan fingerprint density at radius 1 is 1.48 bits per heavy atom. The lowest BCUT2D eigenvalue weighted by molar-refractivity contribution is -0.139. The van der Waals surface area contributed by atoms with Gasteiger partial charge < -0.3 is 20.6 Å². The van der Waals surface area contributed by atoms with Crippen molar-refractivity contribution in [3.05, 3.63) is 28.9 Å². The van der Waals surface area contributed by atoms with Gasteiger partial charge in [-0.2, -0.15) is 0 Å². The van der Waals surface area contributed by atoms with Gasteiger partial charge >= 0.3 is 5.97 Å². The van der Waals surface area contributed by atoms with Crippen molar-refractivity contribution in [2.45, 2.75) is 0 Å². The predicted molar refractivity (Wildman–Crippen MR) is 87.7 cm³/mol. The van der Waals surface area contributed by atoms with Gasteiger partial charge in [0.25, 0.3) is 5.91 Å². The molecule has 23 heavy (non-hydrogen) atoms. The van der Waals surface area contributed by atoms with Crippen molar-refractivity contribution in [3.63, 3.8) is 0 Å². The molecular weight excluding hydrogens is 347 g/mol. The monoisotopic (exact) mass is 360 g/mol. The smallest absolute Gasteiger partial charge is 0.341 e. The topological polar surface area (TPSA) is 133 Å². The maximum atomic E-state index is 12.1. The highest BCUT2D eigenvalue weighted by Gasteiger charge is 2.19. The van der Waals surface area contributed by atoms with Crippen LogP contribution >= 0.6 is 24.0 Å². The molecule has 0 atom stereocenters. The number of aromatic amines is 1. The summed E-state index contributed by atoms with van der Waals surface area (Å²) >= 11 is 6.07. The average Bonchev–Trinajstić information content (AvgIpc) is 2.90. The summed E-state index contributed by atoms with van der Waals surface area (Å²) in [4.78, 5) is 26.5. The second-order valence-electron chi connectivity index (χ2n) is 4.45. The Balaban J connectivity index is 0.00000264. The number of halogens is 2. The number of benzene rings is 1. The molecule has 2 rings (SSSR count). The molecule has 2 aromatic rings. The molecular formula is C13H14Cl2N4O4. The second-order valence-corrected chi connectivity index (χ2v) is 4.86. The lowest BCUT2D eigenvalue weighted by Gasteiger charge is -2.12. The molecule has 8 nitrogen and oxygen atoms in total. The molecule has 0 aliphatic carbocycles. The summed E-state index contributed by atoms with van der Waals surface area (Å²) in [6.07, 6.45) is 0. The molecule has 0 saturated carbocycles. The van der Waals surface area contributed by atoms with Crippen molar-refractivity contribution in [2.24, 2.45) is 5.73 Å². The predicted octanol–water partition coefficient (Wildman–Crippen LogP) is 1.67. The fourth-order valence-corrected chi connectivity index (χ4v) is 2.04. The van der Waals surface area contributed by atoms with E-state index in [4.69, 9.17) is 32.6 Å². The van der Waals surface area contributed by atoms with Gasteiger partial charge in [-0.05, 0) is 18.2 Å². The number of rotatable bonds is 4. The van der Waals surface area contributed by atoms with Crippen molar-refractivity contribution in [3.8, 4) is 5.75 Å². The fraction of sp³-hybridized carbons (Fsp3) is 0.154. The SMILES string of the molecule is CN(C(=N)N)C(=O)c1cc2c(Cl)ccc(OCC(=O)O)c2[nH]1.Cl. The highest BCUT2D eigenvalue weighted by Crippen LogP contribution is 2.32. The van der Waals surface area contributed by atoms with Crippen molar-refractivity contribution in [1.82, 2.24) is 9.88 Å². The summed E-state index contributed by atoms with van der Waals surface area (Å²) in [6, 6.07) is 4.54. The van der Waals surface area contributed by atoms with Crippen LogP contribution in [-0.2, 0) is 4.79 Å². The second kappa shape index (κ2) is 7.21. The van der Waals surface area contributed by atoms with E-state index < -0.39 is 24.4 Å². The number of H-pyrrole nitrogens is 1. The van der Waals surface area contributed by atoms with Crippen LogP contribution in [0.2, 0.25) is 5.02 Å². The Morgan fingerprint density at radius 2 is 2.13 bits per heavy atom. The number of hydrogen-bond donors (Lipinski definition) is 4. The Kier molecular flexibility index (Phi) is 5.83. The molecule has 0 spiro atoms. The summed E-state index contributed by atoms with van der Waals surface area (Å²) in [5, 5.41) is 16.8. The van der Waals surface area contributed by atoms with E-state index in [2.05, 4.69) is 4.98 Å². The summed E-state index contributed by atoms with van der Waals surface area (Å²) in [5.41, 5.74) is 5.82. The van der Waals surface area contributed by atoms with Crippen molar-refractivity contribution in [2.75, 3.05) is 13.7 Å². The summed E-state index contributed by atoms with van der Waals surface area (Å²) in [7, 11) is 1.36. The molecule has 0 radical (unpaired) electrons. The van der Waals surface area contributed by atoms with Crippen LogP contribution in [0.25, 0.3) is 10.9 Å². The van der Waals surface area contributed by atoms with Crippen LogP contribution in [0.5, 0.6) is 5.75 Å². The standard InChI is InChI=1S/C13H13ClN4O4.ClH/c1-18(13(15)16)12(21)8-4-6-7(14)2-3-9(11(6)17-8)22-5-10(19)20;/h2-4,17H,5H2,1H3,(H3,15,16)(H,19,20);1H. The highest BCUT2D eigenvalue weighted by molar-refractivity contribution is 6.35. The molecule has 1 aromatic carbocycles. The minimum absolute atomic E-state index is 0. The number of nitrogens with one attached hydrogen (secondary N) is 2. The van der Waals surface area contributed by atoms with Crippen LogP contribution < -0.4 is 10.5 Å². The van der Waals surface area contributed by atoms with E-state index in [1.54, 1.807) is 0 Å². The zero-order valence-electron chi connectivity index (χ0n) is 11.9. The molecule has 0 bridgehead atoms. The number of nitrogens with zero attached hydrogens (tertiary/aromatic N) is 1. The van der Waals surface area contributed by atoms with Crippen LogP contribution in [0, 0.1) is 5.41 Å². The highest BCUT2D eigenvalue weighted by atomic mass is 35.5. The van der Waals surface area contributed by atoms with Crippen LogP contribution in [0.3, 0.4) is 0 Å². The van der Waals surface area contributed by atoms with Gasteiger partial charge in [0.1, 0.15) is 11.4 Å². The maximum absolute atomic E-state index is 12.1. The van der Waals surface area contributed by atoms with Crippen molar-refractivity contribution in [1.29, 1.82) is 5.41 Å². The normalized spacial score (nSPS) is 10.0. The molecule has 0 unspecified atom stereocenters. The summed E-state index contributed by atoms with van der Waals surface area (Å²) < 4.78 is 5.16. The molecule has 0 aliphatic rings. The van der Waals surface area contributed by atoms with Crippen LogP contribution in [-0.4, -0.2) is 46.5 Å². The maximum Gasteiger partial charge on any atom is 0.341 e. The van der Waals surface area contributed by atoms with Crippen LogP contribution in [0.1, 0.15) is 10.5 Å². The molecule has 10 heteroatoms. The largest absolute Gasteiger partial charge is 0.480 e. The lowest BCUT2D eigenvalue weighted by Crippen LogP contribution is -2.38. The van der Waals surface area contributed by atoms with Gasteiger partial charge in [0.2, 0.25) is 0 Å². The van der Waals surface area contributed by atoms with Gasteiger partial charge in [0.15, 0.2) is 12.6 Å². The number of amides is 1. The average molecular weight is 361 g/mol. The number of carbonyl (C=O) groups excluding carboxylic acids is 1. The first-order chi connectivity index (χ1) is 10.3. The van der Waals surface area contributed by atoms with Crippen molar-refractivity contribution >= 4 is 52.7 Å². The van der Waals surface area contributed by atoms with Gasteiger partial charge in [0, 0.05) is 12.4 Å². The number of nitrogens with two attached hydrogens (primary N) is 1. The van der Waals surface area contributed by atoms with E-state index in [0.717, 1.165) is 4.90 Å². The molecule has 0 aliphatic heterocycles. The number of carbonyl (C=O) groups is 2. The summed E-state index contributed by atoms with van der Waals surface area (Å²) in [5.74, 6) is -1.80. The molecule has 0 saturated heterocycles. The lowest BCUT2D eigenvalue weighted by atomic mass is 10.2. The van der Waals surface area contributed by atoms with E-state index in [9.17, 15) is 9.59 Å². The first kappa shape index (κ1) is 18.6. The molecule has 5 N–H and O–H groups in total. The Morgan fingerprint density at radius 3 is 2.70 bits per heavy atom. The van der Waals surface area contributed by atoms with Crippen LogP contribution in [0.15, 0.2) is 18.2 Å². The molecule has 0 fully saturated rings. The number of fused-ring (bicyclic) bond motifs is 1. The minimum Gasteiger partial charge on any atom is -0.480 e. The number of carboxylic acids is 1. The van der Waals surface area contributed by atoms with Gasteiger partial charge in [-0.3, -0.25) is 15.1 Å². The number of hydrogen-bond acceptors (Lipinski definition) is 4. The zero-order valence-corrected chi connectivity index (χ0v) is 13.5. The number of aromatic nitrogens is 1. The van der Waals surface area contributed by atoms with Gasteiger partial charge in [-0.25, -0.2) is 4.79 Å². The van der Waals surface area contributed by atoms with E-state index in [1.807, 2.05) is 0 Å². The van der Waals surface area contributed by atoms with E-state index >= 15 is 0 Å². The molecule has 124 valence electrons. The Labute approximate surface area is 142 Å². The first-order valence-corrected chi connectivity index (χ1v) is 6.47. The van der Waals surface area contributed by atoms with E-state index in [-0.39, 0.29) is 23.9 Å². The Hall–Kier alpha value is -2.45. The number of carboxylic acid groups (broad SMARTS) is 1.